The van der Waals surface area contributed by atoms with Gasteiger partial charge in [-0.1, -0.05) is 180 Å². The van der Waals surface area contributed by atoms with Crippen LogP contribution in [-0.2, 0) is 23.7 Å². The summed E-state index contributed by atoms with van der Waals surface area (Å²) in [6, 6.07) is -0.828. The average Bonchev–Trinajstić information content (AvgIpc) is 3.30. The topological polar surface area (TPSA) is 228 Å². The van der Waals surface area contributed by atoms with Gasteiger partial charge in [0.05, 0.1) is 32.0 Å². The molecule has 0 saturated carbocycles. The number of carbonyl (C=O) groups excluding carboxylic acids is 1. The number of hydrogen-bond acceptors (Lipinski definition) is 13. The first kappa shape index (κ1) is 59.9. The summed E-state index contributed by atoms with van der Waals surface area (Å²) in [5, 5.41) is 86.9. The van der Waals surface area contributed by atoms with Crippen molar-refractivity contribution in [2.45, 2.75) is 286 Å². The minimum Gasteiger partial charge on any atom is -0.394 e. The highest BCUT2D eigenvalue weighted by atomic mass is 16.7. The van der Waals surface area contributed by atoms with Crippen LogP contribution in [0.3, 0.4) is 0 Å². The third-order valence-electron chi connectivity index (χ3n) is 13.2. The van der Waals surface area contributed by atoms with Crippen LogP contribution in [0, 0.1) is 0 Å². The van der Waals surface area contributed by atoms with Gasteiger partial charge in [-0.2, -0.15) is 0 Å². The summed E-state index contributed by atoms with van der Waals surface area (Å²) in [6.45, 7) is 2.84. The second-order valence-corrected chi connectivity index (χ2v) is 19.0. The van der Waals surface area contributed by atoms with E-state index in [0.29, 0.717) is 19.3 Å². The first-order chi connectivity index (χ1) is 31.6. The Labute approximate surface area is 393 Å². The molecule has 0 aromatic carbocycles. The van der Waals surface area contributed by atoms with Gasteiger partial charge in [0.1, 0.15) is 48.8 Å². The lowest BCUT2D eigenvalue weighted by atomic mass is 9.97. The van der Waals surface area contributed by atoms with Crippen LogP contribution >= 0.6 is 0 Å². The van der Waals surface area contributed by atoms with E-state index in [0.717, 1.165) is 64.2 Å². The van der Waals surface area contributed by atoms with Crippen molar-refractivity contribution in [3.05, 3.63) is 12.2 Å². The number of allylic oxidation sites excluding steroid dienone is 2. The fourth-order valence-corrected chi connectivity index (χ4v) is 8.88. The molecule has 14 heteroatoms. The van der Waals surface area contributed by atoms with Crippen molar-refractivity contribution in [2.75, 3.05) is 19.8 Å². The predicted molar refractivity (Wildman–Crippen MR) is 254 cm³/mol. The zero-order chi connectivity index (χ0) is 47.5. The van der Waals surface area contributed by atoms with Crippen molar-refractivity contribution >= 4 is 5.91 Å². The molecule has 2 heterocycles. The van der Waals surface area contributed by atoms with Crippen molar-refractivity contribution in [3.63, 3.8) is 0 Å². The molecular weight excluding hydrogens is 835 g/mol. The maximum atomic E-state index is 13.2. The number of nitrogens with one attached hydrogen (secondary N) is 1. The quantitative estimate of drug-likeness (QED) is 0.0219. The molecule has 2 rings (SSSR count). The monoisotopic (exact) mass is 932 g/mol. The predicted octanol–water partition coefficient (Wildman–Crippen LogP) is 7.16. The lowest BCUT2D eigenvalue weighted by Crippen LogP contribution is -2.65. The fraction of sp³-hybridized carbons (Fsp3) is 0.941. The van der Waals surface area contributed by atoms with Gasteiger partial charge in [-0.3, -0.25) is 4.79 Å². The molecule has 2 saturated heterocycles. The minimum atomic E-state index is -1.78. The smallest absolute Gasteiger partial charge is 0.220 e. The van der Waals surface area contributed by atoms with Crippen LogP contribution in [0.25, 0.3) is 0 Å². The standard InChI is InChI=1S/C51H97NO13/c1-3-5-7-9-11-13-15-17-19-20-21-22-24-26-28-30-32-34-40(55)39(52-43(56)35-33-31-29-27-25-23-18-16-14-12-10-8-6-4-2)38-62-50-48(61)46(59)49(42(37-54)64-50)65-51-47(60)45(58)44(57)41(36-53)63-51/h16,18,39-42,44-51,53-55,57-61H,3-15,17,19-38H2,1-2H3,(H,52,56)/b18-16-. The molecule has 0 aromatic rings. The summed E-state index contributed by atoms with van der Waals surface area (Å²) in [6.07, 6.45) is 23.5. The van der Waals surface area contributed by atoms with Crippen molar-refractivity contribution in [1.82, 2.24) is 5.32 Å². The van der Waals surface area contributed by atoms with Gasteiger partial charge in [-0.15, -0.1) is 0 Å². The second kappa shape index (κ2) is 38.6. The van der Waals surface area contributed by atoms with E-state index in [9.17, 15) is 45.6 Å². The van der Waals surface area contributed by atoms with Gasteiger partial charge < -0.3 is 65.1 Å². The number of aliphatic hydroxyl groups excluding tert-OH is 8. The van der Waals surface area contributed by atoms with Crippen molar-refractivity contribution in [3.8, 4) is 0 Å². The summed E-state index contributed by atoms with van der Waals surface area (Å²) in [7, 11) is 0. The number of rotatable bonds is 41. The van der Waals surface area contributed by atoms with Crippen LogP contribution in [0.15, 0.2) is 12.2 Å². The van der Waals surface area contributed by atoms with Gasteiger partial charge in [-0.05, 0) is 38.5 Å². The number of carbonyl (C=O) groups is 1. The highest BCUT2D eigenvalue weighted by molar-refractivity contribution is 5.76. The largest absolute Gasteiger partial charge is 0.394 e. The molecular formula is C51H97NO13. The Balaban J connectivity index is 1.82. The van der Waals surface area contributed by atoms with Crippen LogP contribution in [-0.4, -0.2) is 140 Å². The molecule has 9 N–H and O–H groups in total. The van der Waals surface area contributed by atoms with E-state index in [1.807, 2.05) is 0 Å². The number of unbranched alkanes of at least 4 members (excludes halogenated alkanes) is 26. The van der Waals surface area contributed by atoms with Crippen molar-refractivity contribution in [1.29, 1.82) is 0 Å². The lowest BCUT2D eigenvalue weighted by Gasteiger charge is -2.46. The van der Waals surface area contributed by atoms with Gasteiger partial charge in [0.25, 0.3) is 0 Å². The van der Waals surface area contributed by atoms with E-state index in [1.165, 1.54) is 116 Å². The summed E-state index contributed by atoms with van der Waals surface area (Å²) in [4.78, 5) is 13.2. The molecule has 384 valence electrons. The Bertz CT molecular complexity index is 1150. The van der Waals surface area contributed by atoms with Gasteiger partial charge in [0.2, 0.25) is 5.91 Å². The molecule has 65 heavy (non-hydrogen) atoms. The highest BCUT2D eigenvalue weighted by Crippen LogP contribution is 2.30. The first-order valence-electron chi connectivity index (χ1n) is 26.4. The number of amides is 1. The van der Waals surface area contributed by atoms with Crippen LogP contribution in [0.5, 0.6) is 0 Å². The number of ether oxygens (including phenoxy) is 4. The third kappa shape index (κ3) is 25.8. The molecule has 2 aliphatic rings. The van der Waals surface area contributed by atoms with Crippen molar-refractivity contribution in [2.24, 2.45) is 0 Å². The van der Waals surface area contributed by atoms with E-state index in [1.54, 1.807) is 0 Å². The molecule has 12 unspecified atom stereocenters. The van der Waals surface area contributed by atoms with Crippen LogP contribution in [0.4, 0.5) is 0 Å². The molecule has 0 bridgehead atoms. The average molecular weight is 932 g/mol. The molecule has 2 aliphatic heterocycles. The molecule has 2 fully saturated rings. The van der Waals surface area contributed by atoms with E-state index < -0.39 is 86.8 Å². The Morgan fingerprint density at radius 2 is 0.969 bits per heavy atom. The summed E-state index contributed by atoms with van der Waals surface area (Å²) < 4.78 is 22.8. The number of aliphatic hydroxyl groups is 8. The first-order valence-corrected chi connectivity index (χ1v) is 26.4. The van der Waals surface area contributed by atoms with E-state index in [2.05, 4.69) is 31.3 Å². The molecule has 0 aliphatic carbocycles. The van der Waals surface area contributed by atoms with Crippen LogP contribution in [0.1, 0.15) is 213 Å². The van der Waals surface area contributed by atoms with Gasteiger partial charge >= 0.3 is 0 Å². The SMILES string of the molecule is CCCCCCC/C=C\CCCCCCCC(=O)NC(COC1OC(CO)C(OC2OC(CO)C(O)C(O)C2O)C(O)C1O)C(O)CCCCCCCCCCCCCCCCCCC. The molecule has 0 spiro atoms. The van der Waals surface area contributed by atoms with E-state index in [4.69, 9.17) is 18.9 Å². The lowest BCUT2D eigenvalue weighted by molar-refractivity contribution is -0.359. The maximum absolute atomic E-state index is 13.2. The molecule has 12 atom stereocenters. The summed E-state index contributed by atoms with van der Waals surface area (Å²) in [5.74, 6) is -0.215. The molecule has 0 aromatic heterocycles. The van der Waals surface area contributed by atoms with Gasteiger partial charge in [0, 0.05) is 6.42 Å². The Morgan fingerprint density at radius 1 is 0.538 bits per heavy atom. The van der Waals surface area contributed by atoms with Crippen LogP contribution < -0.4 is 5.32 Å². The third-order valence-corrected chi connectivity index (χ3v) is 13.2. The van der Waals surface area contributed by atoms with Gasteiger partial charge in [-0.25, -0.2) is 0 Å². The van der Waals surface area contributed by atoms with E-state index >= 15 is 0 Å². The Kier molecular flexibility index (Phi) is 35.5. The Hall–Kier alpha value is -1.27. The maximum Gasteiger partial charge on any atom is 0.220 e. The van der Waals surface area contributed by atoms with E-state index in [-0.39, 0.29) is 12.5 Å². The van der Waals surface area contributed by atoms with Crippen molar-refractivity contribution < 1.29 is 64.6 Å². The molecule has 14 nitrogen and oxygen atoms in total. The van der Waals surface area contributed by atoms with Crippen LogP contribution in [0.2, 0.25) is 0 Å². The summed E-state index contributed by atoms with van der Waals surface area (Å²) in [5.41, 5.74) is 0. The highest BCUT2D eigenvalue weighted by Gasteiger charge is 2.51. The van der Waals surface area contributed by atoms with Gasteiger partial charge in [0.15, 0.2) is 12.6 Å². The number of hydrogen-bond donors (Lipinski definition) is 9. The summed E-state index contributed by atoms with van der Waals surface area (Å²) >= 11 is 0. The zero-order valence-corrected chi connectivity index (χ0v) is 40.7. The minimum absolute atomic E-state index is 0.215. The molecule has 1 amide bonds. The second-order valence-electron chi connectivity index (χ2n) is 19.0. The zero-order valence-electron chi connectivity index (χ0n) is 40.7. The Morgan fingerprint density at radius 3 is 1.46 bits per heavy atom. The normalized spacial score (nSPS) is 27.0. The molecule has 0 radical (unpaired) electrons. The fourth-order valence-electron chi connectivity index (χ4n) is 8.88.